The van der Waals surface area contributed by atoms with Gasteiger partial charge >= 0.3 is 0 Å². The Balaban J connectivity index is 1.44. The largest absolute Gasteiger partial charge is 0.355 e. The van der Waals surface area contributed by atoms with Crippen molar-refractivity contribution in [2.45, 2.75) is 18.9 Å². The second kappa shape index (κ2) is 6.80. The summed E-state index contributed by atoms with van der Waals surface area (Å²) >= 11 is 0. The molecule has 1 aliphatic rings. The van der Waals surface area contributed by atoms with Crippen LogP contribution in [0.5, 0.6) is 0 Å². The molecule has 1 aliphatic heterocycles. The number of aromatic amines is 1. The first-order chi connectivity index (χ1) is 14.1. The summed E-state index contributed by atoms with van der Waals surface area (Å²) in [6.45, 7) is 0.538. The van der Waals surface area contributed by atoms with Gasteiger partial charge < -0.3 is 14.4 Å². The molecule has 146 valence electrons. The molecule has 1 amide bonds. The van der Waals surface area contributed by atoms with Crippen LogP contribution in [0.25, 0.3) is 22.4 Å². The van der Waals surface area contributed by atoms with Crippen LogP contribution in [-0.2, 0) is 0 Å². The molecule has 2 aromatic carbocycles. The molecule has 5 rings (SSSR count). The molecular weight excluding hydrogens is 378 g/mol. The molecule has 29 heavy (non-hydrogen) atoms. The number of aromatic nitrogens is 3. The van der Waals surface area contributed by atoms with E-state index in [1.165, 1.54) is 24.3 Å². The highest BCUT2D eigenvalue weighted by molar-refractivity contribution is 5.93. The van der Waals surface area contributed by atoms with Gasteiger partial charge in [0, 0.05) is 12.6 Å². The van der Waals surface area contributed by atoms with Gasteiger partial charge in [0.15, 0.2) is 11.5 Å². The van der Waals surface area contributed by atoms with Crippen LogP contribution in [0, 0.1) is 11.6 Å². The monoisotopic (exact) mass is 394 g/mol. The summed E-state index contributed by atoms with van der Waals surface area (Å²) < 4.78 is 32.7. The first-order valence-corrected chi connectivity index (χ1v) is 9.28. The van der Waals surface area contributed by atoms with E-state index in [1.807, 2.05) is 0 Å². The second-order valence-corrected chi connectivity index (χ2v) is 7.00. The molecule has 8 heteroatoms. The number of rotatable bonds is 3. The Hall–Kier alpha value is -3.55. The lowest BCUT2D eigenvalue weighted by atomic mass is 10.1. The van der Waals surface area contributed by atoms with Crippen molar-refractivity contribution in [3.05, 3.63) is 71.7 Å². The molecule has 1 unspecified atom stereocenters. The quantitative estimate of drug-likeness (QED) is 0.556. The number of carbonyl (C=O) groups excluding carboxylic acids is 1. The van der Waals surface area contributed by atoms with E-state index in [0.29, 0.717) is 23.4 Å². The fourth-order valence-electron chi connectivity index (χ4n) is 3.76. The number of H-pyrrole nitrogens is 1. The fourth-order valence-corrected chi connectivity index (χ4v) is 3.76. The van der Waals surface area contributed by atoms with Gasteiger partial charge in [-0.2, -0.15) is 0 Å². The summed E-state index contributed by atoms with van der Waals surface area (Å²) in [4.78, 5) is 22.3. The Labute approximate surface area is 164 Å². The standard InChI is InChI=1S/C21H16F2N4O2/c22-12-7-8-15-16(10-12)25-20(24-15)18-6-3-9-27(18)21(28)17-11-19(29-26-17)13-4-1-2-5-14(13)23/h1-2,4-5,7-8,10-11,18H,3,6,9H2,(H,24,25). The first-order valence-electron chi connectivity index (χ1n) is 9.28. The minimum Gasteiger partial charge on any atom is -0.355 e. The van der Waals surface area contributed by atoms with Gasteiger partial charge in [-0.1, -0.05) is 17.3 Å². The number of hydrogen-bond donors (Lipinski definition) is 1. The maximum atomic E-state index is 14.0. The van der Waals surface area contributed by atoms with E-state index >= 15 is 0 Å². The Kier molecular flexibility index (Phi) is 4.12. The van der Waals surface area contributed by atoms with Gasteiger partial charge in [-0.25, -0.2) is 13.8 Å². The lowest BCUT2D eigenvalue weighted by molar-refractivity contribution is 0.0720. The first kappa shape index (κ1) is 17.5. The van der Waals surface area contributed by atoms with Crippen LogP contribution in [0.15, 0.2) is 53.1 Å². The van der Waals surface area contributed by atoms with E-state index in [-0.39, 0.29) is 34.8 Å². The summed E-state index contributed by atoms with van der Waals surface area (Å²) in [7, 11) is 0. The molecule has 2 aromatic heterocycles. The third-order valence-electron chi connectivity index (χ3n) is 5.16. The average Bonchev–Trinajstić information content (AvgIpc) is 3.46. The highest BCUT2D eigenvalue weighted by Gasteiger charge is 2.34. The van der Waals surface area contributed by atoms with E-state index in [4.69, 9.17) is 4.52 Å². The lowest BCUT2D eigenvalue weighted by Gasteiger charge is -2.21. The summed E-state index contributed by atoms with van der Waals surface area (Å²) in [5, 5.41) is 3.85. The molecule has 3 heterocycles. The summed E-state index contributed by atoms with van der Waals surface area (Å²) in [5.41, 5.74) is 1.58. The lowest BCUT2D eigenvalue weighted by Crippen LogP contribution is -2.31. The number of carbonyl (C=O) groups is 1. The second-order valence-electron chi connectivity index (χ2n) is 7.00. The van der Waals surface area contributed by atoms with Crippen molar-refractivity contribution in [1.82, 2.24) is 20.0 Å². The maximum Gasteiger partial charge on any atom is 0.276 e. The van der Waals surface area contributed by atoms with Gasteiger partial charge in [0.2, 0.25) is 0 Å². The van der Waals surface area contributed by atoms with Crippen molar-refractivity contribution in [3.63, 3.8) is 0 Å². The molecular formula is C21H16F2N4O2. The Morgan fingerprint density at radius 1 is 1.17 bits per heavy atom. The third kappa shape index (κ3) is 3.06. The van der Waals surface area contributed by atoms with Crippen LogP contribution in [0.3, 0.4) is 0 Å². The maximum absolute atomic E-state index is 14.0. The molecule has 0 aliphatic carbocycles. The number of halogens is 2. The number of benzene rings is 2. The van der Waals surface area contributed by atoms with E-state index in [0.717, 1.165) is 12.8 Å². The fraction of sp³-hybridized carbons (Fsp3) is 0.190. The third-order valence-corrected chi connectivity index (χ3v) is 5.16. The number of nitrogens with one attached hydrogen (secondary N) is 1. The number of amides is 1. The SMILES string of the molecule is O=C(c1cc(-c2ccccc2F)on1)N1CCCC1c1nc2ccc(F)cc2[nH]1. The van der Waals surface area contributed by atoms with Gasteiger partial charge in [0.1, 0.15) is 17.5 Å². The van der Waals surface area contributed by atoms with Crippen LogP contribution in [0.4, 0.5) is 8.78 Å². The normalized spacial score (nSPS) is 16.6. The predicted molar refractivity (Wildman–Crippen MR) is 101 cm³/mol. The molecule has 0 bridgehead atoms. The van der Waals surface area contributed by atoms with Crippen molar-refractivity contribution in [2.75, 3.05) is 6.54 Å². The molecule has 1 fully saturated rings. The molecule has 1 N–H and O–H groups in total. The van der Waals surface area contributed by atoms with Crippen molar-refractivity contribution in [1.29, 1.82) is 0 Å². The zero-order chi connectivity index (χ0) is 20.0. The minimum atomic E-state index is -0.448. The van der Waals surface area contributed by atoms with Crippen molar-refractivity contribution >= 4 is 16.9 Å². The molecule has 4 aromatic rings. The van der Waals surface area contributed by atoms with Gasteiger partial charge in [0.25, 0.3) is 5.91 Å². The average molecular weight is 394 g/mol. The van der Waals surface area contributed by atoms with Crippen molar-refractivity contribution in [2.24, 2.45) is 0 Å². The van der Waals surface area contributed by atoms with Crippen molar-refractivity contribution < 1.29 is 18.1 Å². The van der Waals surface area contributed by atoms with Crippen LogP contribution >= 0.6 is 0 Å². The van der Waals surface area contributed by atoms with Crippen LogP contribution in [0.2, 0.25) is 0 Å². The molecule has 1 saturated heterocycles. The van der Waals surface area contributed by atoms with Crippen LogP contribution < -0.4 is 0 Å². The van der Waals surface area contributed by atoms with Crippen LogP contribution in [0.1, 0.15) is 35.2 Å². The Bertz CT molecular complexity index is 1220. The smallest absolute Gasteiger partial charge is 0.276 e. The minimum absolute atomic E-state index is 0.109. The number of fused-ring (bicyclic) bond motifs is 1. The highest BCUT2D eigenvalue weighted by Crippen LogP contribution is 2.33. The Morgan fingerprint density at radius 3 is 2.90 bits per heavy atom. The predicted octanol–water partition coefficient (Wildman–Crippen LogP) is 4.47. The van der Waals surface area contributed by atoms with E-state index in [9.17, 15) is 13.6 Å². The zero-order valence-corrected chi connectivity index (χ0v) is 15.2. The van der Waals surface area contributed by atoms with E-state index in [1.54, 1.807) is 29.2 Å². The van der Waals surface area contributed by atoms with Gasteiger partial charge in [-0.15, -0.1) is 0 Å². The number of hydrogen-bond acceptors (Lipinski definition) is 4. The van der Waals surface area contributed by atoms with Crippen molar-refractivity contribution in [3.8, 4) is 11.3 Å². The summed E-state index contributed by atoms with van der Waals surface area (Å²) in [5.74, 6) is -0.312. The van der Waals surface area contributed by atoms with Gasteiger partial charge in [0.05, 0.1) is 22.6 Å². The van der Waals surface area contributed by atoms with E-state index < -0.39 is 5.82 Å². The number of imidazole rings is 1. The molecule has 0 spiro atoms. The molecule has 6 nitrogen and oxygen atoms in total. The highest BCUT2D eigenvalue weighted by atomic mass is 19.1. The summed E-state index contributed by atoms with van der Waals surface area (Å²) in [6, 6.07) is 11.7. The molecule has 1 atom stereocenters. The zero-order valence-electron chi connectivity index (χ0n) is 15.2. The number of likely N-dealkylation sites (tertiary alicyclic amines) is 1. The van der Waals surface area contributed by atoms with E-state index in [2.05, 4.69) is 15.1 Å². The topological polar surface area (TPSA) is 75.0 Å². The molecule has 0 saturated carbocycles. The number of nitrogens with zero attached hydrogens (tertiary/aromatic N) is 3. The summed E-state index contributed by atoms with van der Waals surface area (Å²) in [6.07, 6.45) is 1.53. The van der Waals surface area contributed by atoms with Gasteiger partial charge in [-0.3, -0.25) is 4.79 Å². The van der Waals surface area contributed by atoms with Gasteiger partial charge in [-0.05, 0) is 43.2 Å². The molecule has 0 radical (unpaired) electrons. The Morgan fingerprint density at radius 2 is 2.03 bits per heavy atom. The van der Waals surface area contributed by atoms with Crippen LogP contribution in [-0.4, -0.2) is 32.5 Å².